The van der Waals surface area contributed by atoms with Gasteiger partial charge in [-0.2, -0.15) is 0 Å². The maximum atomic E-state index is 3.44. The Balaban J connectivity index is 5.31. The van der Waals surface area contributed by atoms with Crippen molar-refractivity contribution < 1.29 is 0 Å². The molecule has 0 aliphatic heterocycles. The summed E-state index contributed by atoms with van der Waals surface area (Å²) in [5.41, 5.74) is 2.18. The summed E-state index contributed by atoms with van der Waals surface area (Å²) in [6.07, 6.45) is 17.4. The smallest absolute Gasteiger partial charge is 0.0859 e. The highest BCUT2D eigenvalue weighted by Crippen LogP contribution is 2.13. The molecule has 0 saturated heterocycles. The van der Waals surface area contributed by atoms with Gasteiger partial charge >= 0.3 is 0 Å². The van der Waals surface area contributed by atoms with E-state index in [0.29, 0.717) is 0 Å². The van der Waals surface area contributed by atoms with Gasteiger partial charge in [-0.15, -0.1) is 0 Å². The normalized spacial score (nSPS) is 9.33. The van der Waals surface area contributed by atoms with Gasteiger partial charge in [-0.05, 0) is 32.1 Å². The third-order valence-corrected chi connectivity index (χ3v) is 4.46. The Kier molecular flexibility index (Phi) is 19.5. The van der Waals surface area contributed by atoms with Crippen LogP contribution in [0.15, 0.2) is 11.1 Å². The molecule has 0 fully saturated rings. The van der Waals surface area contributed by atoms with Gasteiger partial charge in [-0.25, -0.2) is 0 Å². The number of rotatable bonds is 12. The van der Waals surface area contributed by atoms with Crippen molar-refractivity contribution in [2.24, 2.45) is 0 Å². The molecule has 0 aromatic rings. The molecule has 0 unspecified atom stereocenters. The van der Waals surface area contributed by atoms with E-state index in [-0.39, 0.29) is 0 Å². The predicted molar refractivity (Wildman–Crippen MR) is 122 cm³/mol. The van der Waals surface area contributed by atoms with E-state index in [1.807, 2.05) is 0 Å². The lowest BCUT2D eigenvalue weighted by atomic mass is 10.0. The lowest BCUT2D eigenvalue weighted by molar-refractivity contribution is 0.736. The first kappa shape index (κ1) is 25.4. The SMILES string of the molecule is CCCCCC#CC(C#CCCCCC)=C(C#CCCCCC)CCCC. The third kappa shape index (κ3) is 16.3. The van der Waals surface area contributed by atoms with Crippen LogP contribution in [0.3, 0.4) is 0 Å². The van der Waals surface area contributed by atoms with Crippen LogP contribution in [-0.2, 0) is 0 Å². The van der Waals surface area contributed by atoms with Crippen LogP contribution < -0.4 is 0 Å². The molecule has 0 aromatic heterocycles. The van der Waals surface area contributed by atoms with Crippen molar-refractivity contribution in [2.75, 3.05) is 0 Å². The Morgan fingerprint density at radius 2 is 0.889 bits per heavy atom. The van der Waals surface area contributed by atoms with Crippen molar-refractivity contribution in [3.8, 4) is 35.5 Å². The second-order valence-corrected chi connectivity index (χ2v) is 7.23. The predicted octanol–water partition coefficient (Wildman–Crippen LogP) is 8.22. The van der Waals surface area contributed by atoms with Gasteiger partial charge in [0.2, 0.25) is 0 Å². The maximum absolute atomic E-state index is 3.44. The molecule has 0 nitrogen and oxygen atoms in total. The van der Waals surface area contributed by atoms with Crippen molar-refractivity contribution >= 4 is 0 Å². The van der Waals surface area contributed by atoms with Crippen LogP contribution in [0.1, 0.15) is 124 Å². The lowest BCUT2D eigenvalue weighted by Crippen LogP contribution is -1.88. The summed E-state index contributed by atoms with van der Waals surface area (Å²) in [7, 11) is 0. The topological polar surface area (TPSA) is 0 Å². The highest BCUT2D eigenvalue weighted by molar-refractivity contribution is 5.53. The molecule has 27 heavy (non-hydrogen) atoms. The van der Waals surface area contributed by atoms with Crippen LogP contribution in [0.5, 0.6) is 0 Å². The Labute approximate surface area is 171 Å². The summed E-state index contributed by atoms with van der Waals surface area (Å²) >= 11 is 0. The molecule has 150 valence electrons. The number of hydrogen-bond acceptors (Lipinski definition) is 0. The lowest BCUT2D eigenvalue weighted by Gasteiger charge is -2.01. The summed E-state index contributed by atoms with van der Waals surface area (Å²) in [4.78, 5) is 0. The molecule has 0 N–H and O–H groups in total. The van der Waals surface area contributed by atoms with Gasteiger partial charge in [0.25, 0.3) is 0 Å². The standard InChI is InChI=1S/C27H42/c1-5-9-13-16-19-23-26(22-12-8-4)27(24-20-17-14-10-6-2)25-21-18-15-11-7-3/h5-18,22H2,1-4H3. The highest BCUT2D eigenvalue weighted by Gasteiger charge is 2.00. The van der Waals surface area contributed by atoms with E-state index >= 15 is 0 Å². The minimum Gasteiger partial charge on any atom is -0.0982 e. The fraction of sp³-hybridized carbons (Fsp3) is 0.704. The van der Waals surface area contributed by atoms with Crippen LogP contribution in [0.25, 0.3) is 0 Å². The van der Waals surface area contributed by atoms with E-state index in [1.54, 1.807) is 0 Å². The van der Waals surface area contributed by atoms with E-state index in [0.717, 1.165) is 37.7 Å². The zero-order valence-electron chi connectivity index (χ0n) is 18.6. The van der Waals surface area contributed by atoms with Gasteiger partial charge in [-0.1, -0.05) is 108 Å². The Bertz CT molecular complexity index is 526. The second-order valence-electron chi connectivity index (χ2n) is 7.23. The zero-order chi connectivity index (χ0) is 20.0. The molecule has 0 heterocycles. The average molecular weight is 367 g/mol. The first-order valence-electron chi connectivity index (χ1n) is 11.5. The number of allylic oxidation sites excluding steroid dienone is 2. The van der Waals surface area contributed by atoms with Crippen molar-refractivity contribution in [1.29, 1.82) is 0 Å². The Morgan fingerprint density at radius 1 is 0.481 bits per heavy atom. The molecule has 0 saturated carbocycles. The van der Waals surface area contributed by atoms with Crippen LogP contribution >= 0.6 is 0 Å². The first-order chi connectivity index (χ1) is 13.3. The van der Waals surface area contributed by atoms with Crippen molar-refractivity contribution in [2.45, 2.75) is 124 Å². The molecule has 0 atom stereocenters. The van der Waals surface area contributed by atoms with Gasteiger partial charge in [0.15, 0.2) is 0 Å². The minimum atomic E-state index is 0.972. The third-order valence-electron chi connectivity index (χ3n) is 4.46. The molecule has 0 aromatic carbocycles. The molecule has 0 radical (unpaired) electrons. The van der Waals surface area contributed by atoms with E-state index in [4.69, 9.17) is 0 Å². The Hall–Kier alpha value is -1.58. The van der Waals surface area contributed by atoms with E-state index in [9.17, 15) is 0 Å². The largest absolute Gasteiger partial charge is 0.0982 e. The molecule has 0 heteroatoms. The summed E-state index contributed by atoms with van der Waals surface area (Å²) < 4.78 is 0. The summed E-state index contributed by atoms with van der Waals surface area (Å²) in [6.45, 7) is 8.94. The van der Waals surface area contributed by atoms with E-state index in [1.165, 1.54) is 69.8 Å². The summed E-state index contributed by atoms with van der Waals surface area (Å²) in [5.74, 6) is 20.3. The first-order valence-corrected chi connectivity index (χ1v) is 11.5. The van der Waals surface area contributed by atoms with Crippen LogP contribution in [0.2, 0.25) is 0 Å². The Morgan fingerprint density at radius 3 is 1.30 bits per heavy atom. The summed E-state index contributed by atoms with van der Waals surface area (Å²) in [5, 5.41) is 0. The van der Waals surface area contributed by atoms with Gasteiger partial charge in [0, 0.05) is 24.8 Å². The summed E-state index contributed by atoms with van der Waals surface area (Å²) in [6, 6.07) is 0. The quantitative estimate of drug-likeness (QED) is 0.241. The highest BCUT2D eigenvalue weighted by atomic mass is 14.0. The molecule has 0 spiro atoms. The van der Waals surface area contributed by atoms with Gasteiger partial charge < -0.3 is 0 Å². The van der Waals surface area contributed by atoms with Crippen LogP contribution in [0.4, 0.5) is 0 Å². The molecule has 0 aliphatic carbocycles. The van der Waals surface area contributed by atoms with Crippen molar-refractivity contribution in [3.05, 3.63) is 11.1 Å². The molecular formula is C27H42. The fourth-order valence-corrected chi connectivity index (χ4v) is 2.65. The van der Waals surface area contributed by atoms with Crippen molar-refractivity contribution in [3.63, 3.8) is 0 Å². The van der Waals surface area contributed by atoms with E-state index < -0.39 is 0 Å². The van der Waals surface area contributed by atoms with Crippen molar-refractivity contribution in [1.82, 2.24) is 0 Å². The molecular weight excluding hydrogens is 324 g/mol. The minimum absolute atomic E-state index is 0.972. The van der Waals surface area contributed by atoms with Gasteiger partial charge in [0.1, 0.15) is 0 Å². The fourth-order valence-electron chi connectivity index (χ4n) is 2.65. The average Bonchev–Trinajstić information content (AvgIpc) is 2.68. The molecule has 0 aliphatic rings. The van der Waals surface area contributed by atoms with E-state index in [2.05, 4.69) is 63.2 Å². The molecule has 0 bridgehead atoms. The monoisotopic (exact) mass is 366 g/mol. The maximum Gasteiger partial charge on any atom is 0.0859 e. The number of hydrogen-bond donors (Lipinski definition) is 0. The zero-order valence-corrected chi connectivity index (χ0v) is 18.6. The number of unbranched alkanes of at least 4 members (excludes halogenated alkanes) is 10. The molecule has 0 amide bonds. The van der Waals surface area contributed by atoms with Gasteiger partial charge in [0.05, 0.1) is 5.57 Å². The van der Waals surface area contributed by atoms with Crippen LogP contribution in [-0.4, -0.2) is 0 Å². The van der Waals surface area contributed by atoms with Gasteiger partial charge in [-0.3, -0.25) is 0 Å². The second kappa shape index (κ2) is 20.7. The van der Waals surface area contributed by atoms with Crippen LogP contribution in [0, 0.1) is 35.5 Å². The molecule has 0 rings (SSSR count).